The minimum Gasteiger partial charge on any atom is -0.383 e. The van der Waals surface area contributed by atoms with Crippen LogP contribution >= 0.6 is 23.2 Å². The molecule has 0 spiro atoms. The molecule has 114 valence electrons. The van der Waals surface area contributed by atoms with Crippen LogP contribution in [-0.4, -0.2) is 23.5 Å². The second-order valence-electron chi connectivity index (χ2n) is 4.60. The maximum absolute atomic E-state index is 13.8. The summed E-state index contributed by atoms with van der Waals surface area (Å²) < 4.78 is 20.5. The number of nitrogens with two attached hydrogens (primary N) is 1. The molecule has 2 rings (SSSR count). The highest BCUT2D eigenvalue weighted by Crippen LogP contribution is 2.28. The minimum absolute atomic E-state index is 0.240. The average molecular weight is 332 g/mol. The van der Waals surface area contributed by atoms with E-state index in [1.54, 1.807) is 23.9 Å². The molecular weight excluding hydrogens is 316 g/mol. The van der Waals surface area contributed by atoms with Gasteiger partial charge in [-0.2, -0.15) is 5.10 Å². The second kappa shape index (κ2) is 7.22. The third kappa shape index (κ3) is 3.74. The molecule has 2 aromatic rings. The molecule has 0 saturated carbocycles. The highest BCUT2D eigenvalue weighted by Gasteiger charge is 2.20. The van der Waals surface area contributed by atoms with Crippen LogP contribution in [0.2, 0.25) is 10.0 Å². The molecule has 1 atom stereocenters. The largest absolute Gasteiger partial charge is 0.383 e. The first kappa shape index (κ1) is 16.2. The van der Waals surface area contributed by atoms with E-state index in [1.165, 1.54) is 12.3 Å². The Morgan fingerprint density at radius 2 is 2.14 bits per heavy atom. The van der Waals surface area contributed by atoms with Gasteiger partial charge in [0.1, 0.15) is 5.82 Å². The molecule has 1 aromatic carbocycles. The van der Waals surface area contributed by atoms with Crippen molar-refractivity contribution in [3.63, 3.8) is 0 Å². The van der Waals surface area contributed by atoms with Crippen molar-refractivity contribution in [1.29, 1.82) is 0 Å². The zero-order valence-electron chi connectivity index (χ0n) is 11.5. The predicted molar refractivity (Wildman–Crippen MR) is 81.2 cm³/mol. The van der Waals surface area contributed by atoms with Gasteiger partial charge in [-0.15, -0.1) is 0 Å². The lowest BCUT2D eigenvalue weighted by atomic mass is 10.0. The molecule has 1 aromatic heterocycles. The molecule has 0 bridgehead atoms. The summed E-state index contributed by atoms with van der Waals surface area (Å²) >= 11 is 12.2. The Labute approximate surface area is 132 Å². The number of aromatic nitrogens is 2. The highest BCUT2D eigenvalue weighted by molar-refractivity contribution is 6.31. The van der Waals surface area contributed by atoms with E-state index in [0.717, 1.165) is 0 Å². The lowest BCUT2D eigenvalue weighted by Gasteiger charge is -2.16. The van der Waals surface area contributed by atoms with Crippen molar-refractivity contribution in [2.24, 2.45) is 5.73 Å². The Kier molecular flexibility index (Phi) is 5.58. The molecule has 0 aliphatic heterocycles. The lowest BCUT2D eigenvalue weighted by Crippen LogP contribution is -2.21. The van der Waals surface area contributed by atoms with Crippen LogP contribution in [0, 0.1) is 5.82 Å². The van der Waals surface area contributed by atoms with E-state index in [4.69, 9.17) is 33.7 Å². The van der Waals surface area contributed by atoms with Gasteiger partial charge >= 0.3 is 0 Å². The molecule has 0 saturated heterocycles. The monoisotopic (exact) mass is 331 g/mol. The van der Waals surface area contributed by atoms with Gasteiger partial charge in [0.15, 0.2) is 0 Å². The quantitative estimate of drug-likeness (QED) is 0.884. The fraction of sp³-hybridized carbons (Fsp3) is 0.357. The second-order valence-corrected chi connectivity index (χ2v) is 5.42. The smallest absolute Gasteiger partial charge is 0.127 e. The van der Waals surface area contributed by atoms with Crippen molar-refractivity contribution < 1.29 is 9.13 Å². The third-order valence-corrected chi connectivity index (χ3v) is 3.82. The molecule has 1 heterocycles. The van der Waals surface area contributed by atoms with Crippen LogP contribution in [0.5, 0.6) is 0 Å². The normalized spacial score (nSPS) is 12.6. The molecule has 0 radical (unpaired) electrons. The van der Waals surface area contributed by atoms with E-state index >= 15 is 0 Å². The number of methoxy groups -OCH3 is 1. The molecule has 0 amide bonds. The number of nitrogens with zero attached hydrogens (tertiary/aromatic N) is 2. The van der Waals surface area contributed by atoms with Crippen molar-refractivity contribution in [3.05, 3.63) is 51.5 Å². The van der Waals surface area contributed by atoms with Crippen molar-refractivity contribution in [3.8, 4) is 0 Å². The van der Waals surface area contributed by atoms with Crippen LogP contribution in [-0.2, 0) is 17.7 Å². The Morgan fingerprint density at radius 3 is 2.81 bits per heavy atom. The van der Waals surface area contributed by atoms with Gasteiger partial charge < -0.3 is 10.5 Å². The van der Waals surface area contributed by atoms with Crippen LogP contribution in [0.3, 0.4) is 0 Å². The number of benzene rings is 1. The van der Waals surface area contributed by atoms with E-state index in [0.29, 0.717) is 34.5 Å². The van der Waals surface area contributed by atoms with Crippen LogP contribution < -0.4 is 5.73 Å². The van der Waals surface area contributed by atoms with Gasteiger partial charge in [-0.3, -0.25) is 4.68 Å². The van der Waals surface area contributed by atoms with Gasteiger partial charge in [0.25, 0.3) is 0 Å². The van der Waals surface area contributed by atoms with Gasteiger partial charge in [-0.05, 0) is 18.6 Å². The van der Waals surface area contributed by atoms with Crippen molar-refractivity contribution in [1.82, 2.24) is 9.78 Å². The van der Waals surface area contributed by atoms with Crippen LogP contribution in [0.25, 0.3) is 0 Å². The van der Waals surface area contributed by atoms with Crippen molar-refractivity contribution in [2.75, 3.05) is 13.7 Å². The molecule has 2 N–H and O–H groups in total. The molecular formula is C14H16Cl2FN3O. The van der Waals surface area contributed by atoms with Gasteiger partial charge in [0.05, 0.1) is 36.1 Å². The van der Waals surface area contributed by atoms with Crippen LogP contribution in [0.15, 0.2) is 24.4 Å². The van der Waals surface area contributed by atoms with Crippen molar-refractivity contribution in [2.45, 2.75) is 19.0 Å². The Bertz CT molecular complexity index is 598. The average Bonchev–Trinajstić information content (AvgIpc) is 2.81. The topological polar surface area (TPSA) is 53.1 Å². The lowest BCUT2D eigenvalue weighted by molar-refractivity contribution is 0.182. The van der Waals surface area contributed by atoms with Crippen LogP contribution in [0.4, 0.5) is 4.39 Å². The van der Waals surface area contributed by atoms with Gasteiger partial charge in [-0.1, -0.05) is 29.3 Å². The number of ether oxygens (including phenoxy) is 1. The summed E-state index contributed by atoms with van der Waals surface area (Å²) in [4.78, 5) is 0. The maximum Gasteiger partial charge on any atom is 0.127 e. The molecule has 4 nitrogen and oxygen atoms in total. The number of hydrogen-bond acceptors (Lipinski definition) is 3. The Morgan fingerprint density at radius 1 is 1.38 bits per heavy atom. The first-order valence-corrected chi connectivity index (χ1v) is 7.18. The SMILES string of the molecule is COCCn1ncc(Cl)c1C(N)Cc1c(F)cccc1Cl. The van der Waals surface area contributed by atoms with Gasteiger partial charge in [0, 0.05) is 17.7 Å². The van der Waals surface area contributed by atoms with E-state index in [-0.39, 0.29) is 12.2 Å². The standard InChI is InChI=1S/C14H16Cl2FN3O/c1-21-6-5-20-14(11(16)8-19-20)13(18)7-9-10(15)3-2-4-12(9)17/h2-4,8,13H,5-7,18H2,1H3. The van der Waals surface area contributed by atoms with E-state index in [1.807, 2.05) is 0 Å². The van der Waals surface area contributed by atoms with Gasteiger partial charge in [0.2, 0.25) is 0 Å². The predicted octanol–water partition coefficient (Wildman–Crippen LogP) is 3.22. The molecule has 0 aliphatic rings. The molecule has 0 fully saturated rings. The fourth-order valence-corrected chi connectivity index (χ4v) is 2.66. The first-order valence-electron chi connectivity index (χ1n) is 6.43. The van der Waals surface area contributed by atoms with Gasteiger partial charge in [-0.25, -0.2) is 4.39 Å². The summed E-state index contributed by atoms with van der Waals surface area (Å²) in [6.07, 6.45) is 1.76. The third-order valence-electron chi connectivity index (χ3n) is 3.18. The van der Waals surface area contributed by atoms with E-state index in [9.17, 15) is 4.39 Å². The minimum atomic E-state index is -0.508. The number of halogens is 3. The summed E-state index contributed by atoms with van der Waals surface area (Å²) in [6.45, 7) is 1.01. The Balaban J connectivity index is 2.24. The maximum atomic E-state index is 13.8. The summed E-state index contributed by atoms with van der Waals surface area (Å²) in [6, 6.07) is 4.04. The zero-order chi connectivity index (χ0) is 15.4. The highest BCUT2D eigenvalue weighted by atomic mass is 35.5. The first-order chi connectivity index (χ1) is 10.0. The summed E-state index contributed by atoms with van der Waals surface area (Å²) in [5.74, 6) is -0.378. The van der Waals surface area contributed by atoms with E-state index in [2.05, 4.69) is 5.10 Å². The zero-order valence-corrected chi connectivity index (χ0v) is 13.0. The molecule has 1 unspecified atom stereocenters. The molecule has 7 heteroatoms. The number of hydrogen-bond donors (Lipinski definition) is 1. The van der Waals surface area contributed by atoms with Crippen molar-refractivity contribution >= 4 is 23.2 Å². The summed E-state index contributed by atoms with van der Waals surface area (Å²) in [5.41, 5.74) is 7.19. The van der Waals surface area contributed by atoms with Crippen LogP contribution in [0.1, 0.15) is 17.3 Å². The molecule has 0 aliphatic carbocycles. The fourth-order valence-electron chi connectivity index (χ4n) is 2.14. The van der Waals surface area contributed by atoms with E-state index < -0.39 is 6.04 Å². The summed E-state index contributed by atoms with van der Waals surface area (Å²) in [5, 5.41) is 4.96. The Hall–Kier alpha value is -1.14. The number of rotatable bonds is 6. The summed E-state index contributed by atoms with van der Waals surface area (Å²) in [7, 11) is 1.60. The molecule has 21 heavy (non-hydrogen) atoms.